The molecule has 0 radical (unpaired) electrons. The number of hydrazine groups is 1. The van der Waals surface area contributed by atoms with E-state index in [-0.39, 0.29) is 11.7 Å². The molecule has 5 N–H and O–H groups in total. The van der Waals surface area contributed by atoms with Crippen LogP contribution in [0.3, 0.4) is 0 Å². The molecule has 3 heterocycles. The largest absolute Gasteiger partial charge is 0.494 e. The fourth-order valence-corrected chi connectivity index (χ4v) is 4.70. The Hall–Kier alpha value is -3.82. The second-order valence-electron chi connectivity index (χ2n) is 8.37. The van der Waals surface area contributed by atoms with Crippen LogP contribution in [-0.2, 0) is 11.2 Å². The van der Waals surface area contributed by atoms with Gasteiger partial charge in [0.05, 0.1) is 17.9 Å². The van der Waals surface area contributed by atoms with E-state index in [0.29, 0.717) is 37.1 Å². The molecule has 0 saturated carbocycles. The molecule has 2 aromatic rings. The number of amidine groups is 1. The Morgan fingerprint density at radius 1 is 1.39 bits per heavy atom. The Labute approximate surface area is 191 Å². The van der Waals surface area contributed by atoms with Gasteiger partial charge in [0.1, 0.15) is 18.1 Å². The number of allylic oxidation sites excluding steroid dienone is 1. The van der Waals surface area contributed by atoms with Crippen molar-refractivity contribution in [3.05, 3.63) is 47.1 Å². The minimum atomic E-state index is -1.33. The molecule has 10 nitrogen and oxygen atoms in total. The molecule has 1 amide bonds. The van der Waals surface area contributed by atoms with E-state index >= 15 is 0 Å². The Morgan fingerprint density at radius 3 is 3.09 bits per heavy atom. The van der Waals surface area contributed by atoms with Crippen LogP contribution in [0.4, 0.5) is 16.3 Å². The number of aryl methyl sites for hydroxylation is 1. The predicted molar refractivity (Wildman–Crippen MR) is 124 cm³/mol. The number of ether oxygens (including phenoxy) is 1. The SMILES string of the molecule is CCc1cccc(-c2nc(C(=N)NC(=O)O)nc3c2NC[C@@H]2CCCC4=C2N(CCO4)N3)c1. The van der Waals surface area contributed by atoms with E-state index in [1.54, 1.807) is 0 Å². The average molecular weight is 450 g/mol. The lowest BCUT2D eigenvalue weighted by Crippen LogP contribution is -2.44. The number of rotatable bonds is 3. The molecule has 172 valence electrons. The summed E-state index contributed by atoms with van der Waals surface area (Å²) in [6.07, 6.45) is 2.63. The number of anilines is 2. The Morgan fingerprint density at radius 2 is 2.27 bits per heavy atom. The standard InChI is InChI=1S/C23H27N7O3/c1-2-13-5-3-6-14(11-13)17-18-21(28-22(26-17)20(24)27-23(31)32)29-30-9-10-33-16-8-4-7-15(12-25-18)19(16)30/h3,5-6,11,15,25H,2,4,7-10,12H2,1H3,(H2,24,27)(H,31,32)(H,26,28,29)/t15-/m0/s1. The first-order valence-electron chi connectivity index (χ1n) is 11.3. The van der Waals surface area contributed by atoms with Crippen LogP contribution in [0.2, 0.25) is 0 Å². The number of amides is 1. The quantitative estimate of drug-likeness (QED) is 0.355. The number of carbonyl (C=O) groups is 1. The molecule has 5 rings (SSSR count). The summed E-state index contributed by atoms with van der Waals surface area (Å²) in [5.41, 5.74) is 8.00. The van der Waals surface area contributed by atoms with Crippen LogP contribution in [0.1, 0.15) is 37.6 Å². The van der Waals surface area contributed by atoms with Crippen molar-refractivity contribution in [2.45, 2.75) is 32.6 Å². The molecule has 2 aliphatic heterocycles. The summed E-state index contributed by atoms with van der Waals surface area (Å²) in [4.78, 5) is 20.3. The summed E-state index contributed by atoms with van der Waals surface area (Å²) in [5.74, 6) is 1.47. The fourth-order valence-electron chi connectivity index (χ4n) is 4.70. The topological polar surface area (TPSA) is 135 Å². The number of fused-ring (bicyclic) bond motifs is 1. The lowest BCUT2D eigenvalue weighted by Gasteiger charge is -2.42. The number of aromatic nitrogens is 2. The van der Waals surface area contributed by atoms with Gasteiger partial charge in [0, 0.05) is 24.4 Å². The first-order chi connectivity index (χ1) is 16.0. The van der Waals surface area contributed by atoms with Crippen molar-refractivity contribution in [3.63, 3.8) is 0 Å². The summed E-state index contributed by atoms with van der Waals surface area (Å²) in [7, 11) is 0. The summed E-state index contributed by atoms with van der Waals surface area (Å²) in [6.45, 7) is 4.05. The van der Waals surface area contributed by atoms with Gasteiger partial charge >= 0.3 is 6.09 Å². The molecule has 3 aliphatic rings. The predicted octanol–water partition coefficient (Wildman–Crippen LogP) is 3.40. The minimum Gasteiger partial charge on any atom is -0.494 e. The highest BCUT2D eigenvalue weighted by Crippen LogP contribution is 2.40. The first kappa shape index (κ1) is 21.0. The number of benzene rings is 1. The van der Waals surface area contributed by atoms with E-state index in [0.717, 1.165) is 54.0 Å². The molecule has 0 saturated heterocycles. The van der Waals surface area contributed by atoms with Gasteiger partial charge in [-0.1, -0.05) is 25.1 Å². The molecule has 1 aliphatic carbocycles. The second kappa shape index (κ2) is 8.61. The van der Waals surface area contributed by atoms with E-state index in [4.69, 9.17) is 15.3 Å². The third kappa shape index (κ3) is 4.04. The highest BCUT2D eigenvalue weighted by atomic mass is 16.5. The number of nitrogens with one attached hydrogen (secondary N) is 4. The zero-order chi connectivity index (χ0) is 22.9. The van der Waals surface area contributed by atoms with E-state index in [9.17, 15) is 4.79 Å². The van der Waals surface area contributed by atoms with E-state index in [2.05, 4.69) is 50.1 Å². The molecular formula is C23H27N7O3. The molecule has 0 bridgehead atoms. The molecule has 10 heteroatoms. The van der Waals surface area contributed by atoms with Gasteiger partial charge in [-0.2, -0.15) is 0 Å². The molecular weight excluding hydrogens is 422 g/mol. The minimum absolute atomic E-state index is 0.00517. The van der Waals surface area contributed by atoms with Gasteiger partial charge in [-0.3, -0.25) is 21.2 Å². The number of hydrogen-bond donors (Lipinski definition) is 5. The smallest absolute Gasteiger partial charge is 0.410 e. The molecule has 1 atom stereocenters. The van der Waals surface area contributed by atoms with E-state index in [1.165, 1.54) is 0 Å². The van der Waals surface area contributed by atoms with Crippen LogP contribution in [0.15, 0.2) is 35.7 Å². The maximum atomic E-state index is 11.1. The van der Waals surface area contributed by atoms with Crippen LogP contribution < -0.4 is 16.1 Å². The molecule has 0 unspecified atom stereocenters. The van der Waals surface area contributed by atoms with Crippen LogP contribution in [-0.4, -0.2) is 51.7 Å². The highest BCUT2D eigenvalue weighted by Gasteiger charge is 2.34. The number of nitrogens with zero attached hydrogens (tertiary/aromatic N) is 3. The summed E-state index contributed by atoms with van der Waals surface area (Å²) in [5, 5.41) is 25.0. The zero-order valence-electron chi connectivity index (χ0n) is 18.4. The van der Waals surface area contributed by atoms with Crippen molar-refractivity contribution in [1.29, 1.82) is 5.41 Å². The van der Waals surface area contributed by atoms with Crippen molar-refractivity contribution in [3.8, 4) is 11.3 Å². The van der Waals surface area contributed by atoms with Crippen molar-refractivity contribution >= 4 is 23.4 Å². The van der Waals surface area contributed by atoms with Crippen LogP contribution in [0.5, 0.6) is 0 Å². The summed E-state index contributed by atoms with van der Waals surface area (Å²) < 4.78 is 5.95. The van der Waals surface area contributed by atoms with Crippen molar-refractivity contribution < 1.29 is 14.6 Å². The van der Waals surface area contributed by atoms with E-state index < -0.39 is 6.09 Å². The monoisotopic (exact) mass is 449 g/mol. The summed E-state index contributed by atoms with van der Waals surface area (Å²) in [6, 6.07) is 8.08. The van der Waals surface area contributed by atoms with Gasteiger partial charge in [0.25, 0.3) is 0 Å². The Balaban J connectivity index is 1.65. The van der Waals surface area contributed by atoms with Crippen LogP contribution >= 0.6 is 0 Å². The fraction of sp³-hybridized carbons (Fsp3) is 0.391. The normalized spacial score (nSPS) is 19.1. The van der Waals surface area contributed by atoms with Gasteiger partial charge in [-0.05, 0) is 30.9 Å². The van der Waals surface area contributed by atoms with Gasteiger partial charge < -0.3 is 15.2 Å². The van der Waals surface area contributed by atoms with Gasteiger partial charge in [0.2, 0.25) is 0 Å². The van der Waals surface area contributed by atoms with Gasteiger partial charge in [0.15, 0.2) is 17.5 Å². The van der Waals surface area contributed by atoms with Crippen LogP contribution in [0, 0.1) is 11.3 Å². The second-order valence-corrected chi connectivity index (χ2v) is 8.37. The number of hydrogen-bond acceptors (Lipinski definition) is 8. The van der Waals surface area contributed by atoms with Crippen molar-refractivity contribution in [2.24, 2.45) is 5.92 Å². The number of carboxylic acid groups (broad SMARTS) is 1. The van der Waals surface area contributed by atoms with Crippen molar-refractivity contribution in [2.75, 3.05) is 30.4 Å². The maximum Gasteiger partial charge on any atom is 0.410 e. The average Bonchev–Trinajstić information content (AvgIpc) is 2.81. The highest BCUT2D eigenvalue weighted by molar-refractivity contribution is 6.02. The molecule has 1 aromatic heterocycles. The molecule has 1 aromatic carbocycles. The van der Waals surface area contributed by atoms with Crippen LogP contribution in [0.25, 0.3) is 11.3 Å². The molecule has 0 fully saturated rings. The Kier molecular flexibility index (Phi) is 5.49. The molecule has 33 heavy (non-hydrogen) atoms. The third-order valence-corrected chi connectivity index (χ3v) is 6.25. The molecule has 0 spiro atoms. The lowest BCUT2D eigenvalue weighted by atomic mass is 9.89. The lowest BCUT2D eigenvalue weighted by molar-refractivity contribution is 0.108. The van der Waals surface area contributed by atoms with Crippen molar-refractivity contribution in [1.82, 2.24) is 20.3 Å². The third-order valence-electron chi connectivity index (χ3n) is 6.25. The van der Waals surface area contributed by atoms with Gasteiger partial charge in [-0.25, -0.2) is 14.8 Å². The van der Waals surface area contributed by atoms with E-state index in [1.807, 2.05) is 12.1 Å². The maximum absolute atomic E-state index is 11.1. The summed E-state index contributed by atoms with van der Waals surface area (Å²) >= 11 is 0. The first-order valence-corrected chi connectivity index (χ1v) is 11.3. The van der Waals surface area contributed by atoms with Gasteiger partial charge in [-0.15, -0.1) is 0 Å². The Bertz CT molecular complexity index is 1140. The zero-order valence-corrected chi connectivity index (χ0v) is 18.4.